The molecule has 0 aromatic heterocycles. The van der Waals surface area contributed by atoms with E-state index >= 15 is 0 Å². The standard InChI is InChI=1S/C7H16N2O/c1-9-4-2-7(10,6-8)3-5-9/h10H,2-6,8H2,1H3/p+2. The van der Waals surface area contributed by atoms with E-state index in [0.717, 1.165) is 25.9 Å². The lowest BCUT2D eigenvalue weighted by molar-refractivity contribution is -0.887. The molecule has 0 aromatic rings. The topological polar surface area (TPSA) is 52.3 Å². The predicted octanol–water partition coefficient (Wildman–Crippen LogP) is -2.73. The first-order valence-electron chi connectivity index (χ1n) is 3.99. The molecule has 0 aromatic carbocycles. The largest absolute Gasteiger partial charge is 0.384 e. The van der Waals surface area contributed by atoms with Crippen molar-refractivity contribution in [2.45, 2.75) is 18.4 Å². The minimum absolute atomic E-state index is 0.431. The van der Waals surface area contributed by atoms with Gasteiger partial charge in [0, 0.05) is 12.8 Å². The van der Waals surface area contributed by atoms with Crippen molar-refractivity contribution in [2.75, 3.05) is 26.7 Å². The van der Waals surface area contributed by atoms with E-state index in [-0.39, 0.29) is 0 Å². The van der Waals surface area contributed by atoms with Crippen LogP contribution in [0.5, 0.6) is 0 Å². The van der Waals surface area contributed by atoms with Gasteiger partial charge in [-0.15, -0.1) is 0 Å². The summed E-state index contributed by atoms with van der Waals surface area (Å²) in [5, 5.41) is 9.72. The fourth-order valence-electron chi connectivity index (χ4n) is 1.39. The van der Waals surface area contributed by atoms with E-state index in [9.17, 15) is 5.11 Å². The van der Waals surface area contributed by atoms with Gasteiger partial charge in [0.2, 0.25) is 0 Å². The Morgan fingerprint density at radius 3 is 2.40 bits per heavy atom. The minimum atomic E-state index is -0.431. The van der Waals surface area contributed by atoms with Gasteiger partial charge in [-0.2, -0.15) is 0 Å². The van der Waals surface area contributed by atoms with Gasteiger partial charge >= 0.3 is 0 Å². The van der Waals surface area contributed by atoms with Crippen LogP contribution in [0.15, 0.2) is 0 Å². The van der Waals surface area contributed by atoms with Crippen molar-refractivity contribution in [1.82, 2.24) is 0 Å². The molecular formula is C7H18N2O+2. The Bertz CT molecular complexity index is 108. The molecule has 3 heteroatoms. The van der Waals surface area contributed by atoms with Gasteiger partial charge in [0.1, 0.15) is 12.1 Å². The maximum atomic E-state index is 9.72. The highest BCUT2D eigenvalue weighted by molar-refractivity contribution is 4.77. The zero-order valence-corrected chi connectivity index (χ0v) is 6.69. The van der Waals surface area contributed by atoms with Crippen LogP contribution in [0.4, 0.5) is 0 Å². The smallest absolute Gasteiger partial charge is 0.124 e. The van der Waals surface area contributed by atoms with Crippen molar-refractivity contribution < 1.29 is 15.7 Å². The molecule has 1 rings (SSSR count). The van der Waals surface area contributed by atoms with E-state index in [2.05, 4.69) is 12.8 Å². The number of hydrogen-bond donors (Lipinski definition) is 3. The van der Waals surface area contributed by atoms with Gasteiger partial charge in [-0.25, -0.2) is 0 Å². The van der Waals surface area contributed by atoms with Gasteiger partial charge < -0.3 is 15.7 Å². The first kappa shape index (κ1) is 7.98. The molecule has 0 atom stereocenters. The van der Waals surface area contributed by atoms with Gasteiger partial charge in [0.25, 0.3) is 0 Å². The molecule has 1 aliphatic rings. The van der Waals surface area contributed by atoms with Crippen molar-refractivity contribution in [1.29, 1.82) is 0 Å². The number of piperidine rings is 1. The average Bonchev–Trinajstić information content (AvgIpc) is 1.96. The van der Waals surface area contributed by atoms with E-state index in [1.807, 2.05) is 0 Å². The molecule has 0 unspecified atom stereocenters. The number of aliphatic hydroxyl groups is 1. The van der Waals surface area contributed by atoms with Gasteiger partial charge in [-0.1, -0.05) is 0 Å². The van der Waals surface area contributed by atoms with Gasteiger partial charge in [-0.05, 0) is 0 Å². The molecule has 1 aliphatic heterocycles. The fraction of sp³-hybridized carbons (Fsp3) is 1.00. The van der Waals surface area contributed by atoms with E-state index in [1.165, 1.54) is 4.90 Å². The molecule has 1 fully saturated rings. The lowest BCUT2D eigenvalue weighted by atomic mass is 9.92. The third kappa shape index (κ3) is 1.68. The van der Waals surface area contributed by atoms with Crippen LogP contribution in [-0.4, -0.2) is 37.4 Å². The second-order valence-electron chi connectivity index (χ2n) is 3.43. The van der Waals surface area contributed by atoms with Crippen LogP contribution < -0.4 is 10.6 Å². The quantitative estimate of drug-likeness (QED) is 0.369. The molecule has 0 bridgehead atoms. The van der Waals surface area contributed by atoms with Crippen LogP contribution in [0.1, 0.15) is 12.8 Å². The summed E-state index contributed by atoms with van der Waals surface area (Å²) >= 11 is 0. The number of nitrogens with one attached hydrogen (secondary N) is 1. The molecule has 0 amide bonds. The Labute approximate surface area is 61.8 Å². The molecule has 3 nitrogen and oxygen atoms in total. The summed E-state index contributed by atoms with van der Waals surface area (Å²) in [6.07, 6.45) is 1.84. The van der Waals surface area contributed by atoms with Gasteiger partial charge in [0.05, 0.1) is 20.1 Å². The Hall–Kier alpha value is -0.120. The molecule has 10 heavy (non-hydrogen) atoms. The first-order chi connectivity index (χ1) is 4.66. The lowest BCUT2D eigenvalue weighted by Crippen LogP contribution is -3.11. The molecule has 5 N–H and O–H groups in total. The molecule has 60 valence electrons. The fourth-order valence-corrected chi connectivity index (χ4v) is 1.39. The minimum Gasteiger partial charge on any atom is -0.384 e. The van der Waals surface area contributed by atoms with Crippen LogP contribution in [0.25, 0.3) is 0 Å². The highest BCUT2D eigenvalue weighted by atomic mass is 16.3. The molecule has 1 saturated heterocycles. The van der Waals surface area contributed by atoms with Gasteiger partial charge in [-0.3, -0.25) is 0 Å². The van der Waals surface area contributed by atoms with Crippen LogP contribution >= 0.6 is 0 Å². The summed E-state index contributed by atoms with van der Waals surface area (Å²) in [7, 11) is 2.17. The summed E-state index contributed by atoms with van der Waals surface area (Å²) in [5.41, 5.74) is 3.32. The predicted molar refractivity (Wildman–Crippen MR) is 38.6 cm³/mol. The highest BCUT2D eigenvalue weighted by Crippen LogP contribution is 2.12. The second kappa shape index (κ2) is 2.86. The maximum absolute atomic E-state index is 9.72. The number of hydrogen-bond acceptors (Lipinski definition) is 1. The third-order valence-corrected chi connectivity index (χ3v) is 2.50. The summed E-state index contributed by atoms with van der Waals surface area (Å²) in [4.78, 5) is 1.53. The van der Waals surface area contributed by atoms with E-state index in [0.29, 0.717) is 6.54 Å². The Balaban J connectivity index is 2.38. The van der Waals surface area contributed by atoms with Crippen LogP contribution in [0, 0.1) is 0 Å². The van der Waals surface area contributed by atoms with E-state index in [4.69, 9.17) is 0 Å². The molecule has 1 heterocycles. The molecule has 0 saturated carbocycles. The van der Waals surface area contributed by atoms with Crippen LogP contribution in [0.2, 0.25) is 0 Å². The summed E-state index contributed by atoms with van der Waals surface area (Å²) in [5.74, 6) is 0. The SMILES string of the molecule is C[NH+]1CCC(O)(C[NH3+])CC1. The summed E-state index contributed by atoms with van der Waals surface area (Å²) in [6.45, 7) is 2.85. The Morgan fingerprint density at radius 1 is 1.50 bits per heavy atom. The van der Waals surface area contributed by atoms with Crippen molar-refractivity contribution in [3.63, 3.8) is 0 Å². The van der Waals surface area contributed by atoms with Crippen molar-refractivity contribution in [2.24, 2.45) is 0 Å². The maximum Gasteiger partial charge on any atom is 0.124 e. The van der Waals surface area contributed by atoms with Crippen molar-refractivity contribution in [3.8, 4) is 0 Å². The molecule has 0 spiro atoms. The summed E-state index contributed by atoms with van der Waals surface area (Å²) in [6, 6.07) is 0. The average molecular weight is 146 g/mol. The normalized spacial score (nSPS) is 41.7. The second-order valence-corrected chi connectivity index (χ2v) is 3.43. The lowest BCUT2D eigenvalue weighted by Gasteiger charge is -2.31. The Morgan fingerprint density at radius 2 is 2.00 bits per heavy atom. The third-order valence-electron chi connectivity index (χ3n) is 2.50. The van der Waals surface area contributed by atoms with Crippen molar-refractivity contribution >= 4 is 0 Å². The van der Waals surface area contributed by atoms with Gasteiger partial charge in [0.15, 0.2) is 0 Å². The molecule has 0 radical (unpaired) electrons. The number of likely N-dealkylation sites (tertiary alicyclic amines) is 1. The zero-order chi connectivity index (χ0) is 7.61. The van der Waals surface area contributed by atoms with Crippen LogP contribution in [0.3, 0.4) is 0 Å². The number of quaternary nitrogens is 2. The van der Waals surface area contributed by atoms with E-state index in [1.54, 1.807) is 0 Å². The number of rotatable bonds is 1. The Kier molecular flexibility index (Phi) is 2.28. The zero-order valence-electron chi connectivity index (χ0n) is 6.69. The van der Waals surface area contributed by atoms with Crippen molar-refractivity contribution in [3.05, 3.63) is 0 Å². The first-order valence-corrected chi connectivity index (χ1v) is 3.99. The van der Waals surface area contributed by atoms with E-state index < -0.39 is 5.60 Å². The molecular weight excluding hydrogens is 128 g/mol. The molecule has 0 aliphatic carbocycles. The van der Waals surface area contributed by atoms with Crippen LogP contribution in [-0.2, 0) is 0 Å². The summed E-state index contributed by atoms with van der Waals surface area (Å²) < 4.78 is 0. The highest BCUT2D eigenvalue weighted by Gasteiger charge is 2.33. The monoisotopic (exact) mass is 146 g/mol.